The lowest BCUT2D eigenvalue weighted by Gasteiger charge is -2.35. The number of hydrogen-bond acceptors (Lipinski definition) is 6. The summed E-state index contributed by atoms with van der Waals surface area (Å²) in [6, 6.07) is 9.81. The molecule has 0 N–H and O–H groups in total. The van der Waals surface area contributed by atoms with Crippen LogP contribution in [0.2, 0.25) is 0 Å². The molecular formula is C26H22N2O5S. The van der Waals surface area contributed by atoms with Crippen LogP contribution in [0, 0.1) is 0 Å². The molecule has 3 aliphatic heterocycles. The van der Waals surface area contributed by atoms with Gasteiger partial charge >= 0.3 is 11.9 Å². The normalized spacial score (nSPS) is 20.8. The van der Waals surface area contributed by atoms with E-state index in [9.17, 15) is 14.4 Å². The molecule has 1 unspecified atom stereocenters. The third-order valence-electron chi connectivity index (χ3n) is 6.71. The summed E-state index contributed by atoms with van der Waals surface area (Å²) in [6.07, 6.45) is 4.27. The lowest BCUT2D eigenvalue weighted by Crippen LogP contribution is -2.47. The highest BCUT2D eigenvalue weighted by Crippen LogP contribution is 2.51. The van der Waals surface area contributed by atoms with Crippen molar-refractivity contribution in [3.63, 3.8) is 0 Å². The first-order valence-corrected chi connectivity index (χ1v) is 12.6. The van der Waals surface area contributed by atoms with E-state index >= 15 is 0 Å². The van der Waals surface area contributed by atoms with Crippen LogP contribution in [0.15, 0.2) is 63.0 Å². The third kappa shape index (κ3) is 2.78. The van der Waals surface area contributed by atoms with E-state index in [0.717, 1.165) is 22.2 Å². The fourth-order valence-electron chi connectivity index (χ4n) is 5.19. The van der Waals surface area contributed by atoms with Crippen molar-refractivity contribution in [2.45, 2.75) is 43.9 Å². The number of aromatic nitrogens is 2. The van der Waals surface area contributed by atoms with Crippen molar-refractivity contribution in [2.24, 2.45) is 0 Å². The predicted octanol–water partition coefficient (Wildman–Crippen LogP) is 4.05. The van der Waals surface area contributed by atoms with Crippen LogP contribution in [-0.4, -0.2) is 21.5 Å². The molecule has 1 aromatic carbocycles. The smallest absolute Gasteiger partial charge is 0.355 e. The van der Waals surface area contributed by atoms with Crippen LogP contribution in [0.4, 0.5) is 0 Å². The summed E-state index contributed by atoms with van der Waals surface area (Å²) < 4.78 is 12.6. The Hall–Kier alpha value is -3.65. The second kappa shape index (κ2) is 7.43. The first kappa shape index (κ1) is 20.9. The molecule has 3 aliphatic rings. The molecule has 0 spiro atoms. The zero-order valence-corrected chi connectivity index (χ0v) is 19.6. The molecule has 0 radical (unpaired) electrons. The molecule has 7 nitrogen and oxygen atoms in total. The average molecular weight is 475 g/mol. The monoisotopic (exact) mass is 474 g/mol. The highest BCUT2D eigenvalue weighted by Gasteiger charge is 2.50. The Morgan fingerprint density at radius 3 is 2.71 bits per heavy atom. The minimum Gasteiger partial charge on any atom is -0.457 e. The molecule has 2 aromatic heterocycles. The molecule has 0 aliphatic carbocycles. The highest BCUT2D eigenvalue weighted by molar-refractivity contribution is 8.22. The second-order valence-corrected chi connectivity index (χ2v) is 10.4. The van der Waals surface area contributed by atoms with Gasteiger partial charge in [-0.3, -0.25) is 9.59 Å². The average Bonchev–Trinajstić information content (AvgIpc) is 3.48. The van der Waals surface area contributed by atoms with Gasteiger partial charge in [0, 0.05) is 28.3 Å². The molecule has 172 valence electrons. The standard InChI is InChI=1S/C26H22N2O5S/c1-3-26(33-15(2)29)19-12-21-22-17(13-28(21)24(30)18(19)14-32-25(26)31)23(34-10-6-7-11-34)16-8-4-5-9-20(16)27-22/h4-12,34H,3,13-14H2,1-2H3. The van der Waals surface area contributed by atoms with Crippen molar-refractivity contribution >= 4 is 33.7 Å². The van der Waals surface area contributed by atoms with Crippen LogP contribution in [-0.2, 0) is 37.8 Å². The number of thiol groups is 1. The van der Waals surface area contributed by atoms with Crippen LogP contribution in [0.25, 0.3) is 22.3 Å². The van der Waals surface area contributed by atoms with Gasteiger partial charge in [-0.15, -0.1) is 0 Å². The number of pyridine rings is 2. The Morgan fingerprint density at radius 1 is 1.21 bits per heavy atom. The molecule has 0 fully saturated rings. The Bertz CT molecular complexity index is 1520. The number of ether oxygens (including phenoxy) is 2. The Morgan fingerprint density at radius 2 is 1.97 bits per heavy atom. The summed E-state index contributed by atoms with van der Waals surface area (Å²) in [6.45, 7) is 3.24. The predicted molar refractivity (Wildman–Crippen MR) is 130 cm³/mol. The minimum atomic E-state index is -1.64. The summed E-state index contributed by atoms with van der Waals surface area (Å²) in [5.41, 5.74) is 2.09. The van der Waals surface area contributed by atoms with Gasteiger partial charge in [-0.1, -0.05) is 37.3 Å². The SMILES string of the molecule is CCC1(OC(C)=O)C(=O)OCc2c1cc1n(c2=O)Cc2c-1nc1ccccc1c2[SH]1C=CC=C1. The minimum absolute atomic E-state index is 0.146. The van der Waals surface area contributed by atoms with E-state index in [1.54, 1.807) is 17.6 Å². The van der Waals surface area contributed by atoms with E-state index in [2.05, 4.69) is 29.0 Å². The number of nitrogens with zero attached hydrogens (tertiary/aromatic N) is 2. The van der Waals surface area contributed by atoms with Crippen LogP contribution < -0.4 is 5.56 Å². The van der Waals surface area contributed by atoms with Crippen molar-refractivity contribution in [2.75, 3.05) is 0 Å². The lowest BCUT2D eigenvalue weighted by molar-refractivity contribution is -0.188. The maximum Gasteiger partial charge on any atom is 0.355 e. The first-order valence-electron chi connectivity index (χ1n) is 11.1. The fourth-order valence-corrected chi connectivity index (χ4v) is 7.11. The van der Waals surface area contributed by atoms with Gasteiger partial charge in [-0.25, -0.2) is 9.78 Å². The Balaban J connectivity index is 1.65. The van der Waals surface area contributed by atoms with Gasteiger partial charge in [-0.2, -0.15) is 10.9 Å². The van der Waals surface area contributed by atoms with Gasteiger partial charge in [0.05, 0.1) is 29.0 Å². The van der Waals surface area contributed by atoms with Crippen LogP contribution >= 0.6 is 10.9 Å². The summed E-state index contributed by atoms with van der Waals surface area (Å²) >= 11 is 0. The number of allylic oxidation sites excluding steroid dienone is 2. The van der Waals surface area contributed by atoms with Crippen molar-refractivity contribution in [1.82, 2.24) is 9.55 Å². The number of esters is 2. The zero-order chi connectivity index (χ0) is 23.6. The Kier molecular flexibility index (Phi) is 4.57. The summed E-state index contributed by atoms with van der Waals surface area (Å²) in [4.78, 5) is 44.6. The molecule has 0 saturated carbocycles. The molecular weight excluding hydrogens is 452 g/mol. The molecule has 0 saturated heterocycles. The second-order valence-electron chi connectivity index (χ2n) is 8.56. The van der Waals surface area contributed by atoms with Gasteiger partial charge in [0.1, 0.15) is 6.61 Å². The lowest BCUT2D eigenvalue weighted by atomic mass is 9.85. The van der Waals surface area contributed by atoms with Crippen LogP contribution in [0.1, 0.15) is 37.0 Å². The van der Waals surface area contributed by atoms with Crippen molar-refractivity contribution < 1.29 is 19.1 Å². The van der Waals surface area contributed by atoms with Crippen molar-refractivity contribution in [3.05, 3.63) is 80.3 Å². The summed E-state index contributed by atoms with van der Waals surface area (Å²) in [5, 5.41) is 5.47. The van der Waals surface area contributed by atoms with Gasteiger partial charge < -0.3 is 14.0 Å². The van der Waals surface area contributed by atoms with Gasteiger partial charge in [-0.05, 0) is 29.4 Å². The molecule has 3 aromatic rings. The van der Waals surface area contributed by atoms with E-state index in [4.69, 9.17) is 14.5 Å². The topological polar surface area (TPSA) is 87.5 Å². The van der Waals surface area contributed by atoms with E-state index < -0.39 is 28.4 Å². The largest absolute Gasteiger partial charge is 0.457 e. The number of benzene rings is 1. The van der Waals surface area contributed by atoms with E-state index in [-0.39, 0.29) is 18.6 Å². The first-order chi connectivity index (χ1) is 16.4. The maximum atomic E-state index is 13.7. The number of carbonyl (C=O) groups excluding carboxylic acids is 2. The maximum absolute atomic E-state index is 13.7. The quantitative estimate of drug-likeness (QED) is 0.356. The van der Waals surface area contributed by atoms with Crippen LogP contribution in [0.3, 0.4) is 0 Å². The van der Waals surface area contributed by atoms with E-state index in [0.29, 0.717) is 23.4 Å². The van der Waals surface area contributed by atoms with E-state index in [1.807, 2.05) is 18.2 Å². The highest BCUT2D eigenvalue weighted by atomic mass is 32.2. The molecule has 5 heterocycles. The van der Waals surface area contributed by atoms with E-state index in [1.165, 1.54) is 11.8 Å². The number of para-hydroxylation sites is 1. The van der Waals surface area contributed by atoms with Crippen LogP contribution in [0.5, 0.6) is 0 Å². The fraction of sp³-hybridized carbons (Fsp3) is 0.231. The molecule has 0 bridgehead atoms. The number of rotatable bonds is 3. The number of carbonyl (C=O) groups is 2. The molecule has 6 rings (SSSR count). The van der Waals surface area contributed by atoms with Gasteiger partial charge in [0.15, 0.2) is 0 Å². The number of cyclic esters (lactones) is 1. The number of fused-ring (bicyclic) bond motifs is 5. The van der Waals surface area contributed by atoms with Gasteiger partial charge in [0.2, 0.25) is 5.60 Å². The molecule has 1 atom stereocenters. The number of hydrogen-bond donors (Lipinski definition) is 1. The Labute approximate surface area is 198 Å². The molecule has 34 heavy (non-hydrogen) atoms. The van der Waals surface area contributed by atoms with Crippen molar-refractivity contribution in [3.8, 4) is 11.4 Å². The molecule has 8 heteroatoms. The summed E-state index contributed by atoms with van der Waals surface area (Å²) in [5.74, 6) is -1.27. The van der Waals surface area contributed by atoms with Gasteiger partial charge in [0.25, 0.3) is 5.56 Å². The molecule has 0 amide bonds. The zero-order valence-electron chi connectivity index (χ0n) is 18.7. The third-order valence-corrected chi connectivity index (χ3v) is 8.73. The van der Waals surface area contributed by atoms with Crippen molar-refractivity contribution in [1.29, 1.82) is 0 Å². The summed E-state index contributed by atoms with van der Waals surface area (Å²) in [7, 11) is -0.671.